The molecule has 0 spiro atoms. The second kappa shape index (κ2) is 11.3. The van der Waals surface area contributed by atoms with Crippen LogP contribution in [0.3, 0.4) is 0 Å². The Balaban J connectivity index is 1.81. The number of ether oxygens (including phenoxy) is 2. The molecular weight excluding hydrogens is 412 g/mol. The Hall–Kier alpha value is -3.39. The lowest BCUT2D eigenvalue weighted by Gasteiger charge is -2.42. The molecule has 2 atom stereocenters. The molecule has 1 saturated heterocycles. The average Bonchev–Trinajstić information content (AvgIpc) is 2.81. The van der Waals surface area contributed by atoms with Crippen LogP contribution in [0.15, 0.2) is 60.7 Å². The molecule has 8 nitrogen and oxygen atoms in total. The van der Waals surface area contributed by atoms with E-state index in [9.17, 15) is 19.5 Å². The number of ketones is 1. The van der Waals surface area contributed by atoms with E-state index < -0.39 is 24.3 Å². The molecular formula is C24H28N2O6. The van der Waals surface area contributed by atoms with Crippen LogP contribution in [0.5, 0.6) is 0 Å². The molecule has 0 aliphatic carbocycles. The number of benzene rings is 2. The number of carboxylic acid groups (broad SMARTS) is 1. The third kappa shape index (κ3) is 6.55. The maximum atomic E-state index is 13.2. The quantitative estimate of drug-likeness (QED) is 0.674. The van der Waals surface area contributed by atoms with Gasteiger partial charge in [-0.1, -0.05) is 60.7 Å². The molecule has 2 amide bonds. The molecule has 2 aromatic rings. The fourth-order valence-electron chi connectivity index (χ4n) is 3.72. The number of hydrogen-bond acceptors (Lipinski definition) is 5. The Morgan fingerprint density at radius 2 is 1.66 bits per heavy atom. The number of likely N-dealkylation sites (tertiary alicyclic amines) is 1. The van der Waals surface area contributed by atoms with Crippen molar-refractivity contribution >= 4 is 18.0 Å². The summed E-state index contributed by atoms with van der Waals surface area (Å²) in [7, 11) is 0. The van der Waals surface area contributed by atoms with Crippen molar-refractivity contribution in [2.24, 2.45) is 0 Å². The first-order valence-corrected chi connectivity index (χ1v) is 10.5. The zero-order valence-corrected chi connectivity index (χ0v) is 18.1. The van der Waals surface area contributed by atoms with Crippen molar-refractivity contribution in [3.05, 3.63) is 71.8 Å². The molecule has 1 N–H and O–H groups in total. The van der Waals surface area contributed by atoms with Crippen molar-refractivity contribution in [2.45, 2.75) is 38.6 Å². The van der Waals surface area contributed by atoms with Gasteiger partial charge in [-0.2, -0.15) is 0 Å². The summed E-state index contributed by atoms with van der Waals surface area (Å²) in [5.41, 5.74) is 1.78. The summed E-state index contributed by atoms with van der Waals surface area (Å²) >= 11 is 0. The smallest absolute Gasteiger partial charge is 0.410 e. The Bertz CT molecular complexity index is 905. The van der Waals surface area contributed by atoms with Gasteiger partial charge < -0.3 is 19.5 Å². The van der Waals surface area contributed by atoms with E-state index in [1.54, 1.807) is 4.90 Å². The minimum absolute atomic E-state index is 0.0739. The zero-order chi connectivity index (χ0) is 22.9. The molecule has 1 aliphatic rings. The summed E-state index contributed by atoms with van der Waals surface area (Å²) in [5, 5.41) is 9.41. The summed E-state index contributed by atoms with van der Waals surface area (Å²) in [6.45, 7) is 2.00. The van der Waals surface area contributed by atoms with Gasteiger partial charge >= 0.3 is 12.2 Å². The summed E-state index contributed by atoms with van der Waals surface area (Å²) in [6, 6.07) is 18.4. The number of carbonyl (C=O) groups excluding carboxylic acids is 2. The number of piperidine rings is 1. The standard InChI is InChI=1S/C24H28N2O6/c1-18(27)16-31-22-15-25(23(28)29)13-12-21(22)26(14-19-8-4-2-5-9-19)24(30)32-17-20-10-6-3-7-11-20/h2-11,21-22H,12-17H2,1H3,(H,28,29). The van der Waals surface area contributed by atoms with Crippen LogP contribution >= 0.6 is 0 Å². The Labute approximate surface area is 187 Å². The third-order valence-electron chi connectivity index (χ3n) is 5.33. The first kappa shape index (κ1) is 23.3. The number of hydrogen-bond donors (Lipinski definition) is 1. The molecule has 2 aromatic carbocycles. The van der Waals surface area contributed by atoms with Crippen molar-refractivity contribution < 1.29 is 29.0 Å². The molecule has 32 heavy (non-hydrogen) atoms. The zero-order valence-electron chi connectivity index (χ0n) is 18.1. The highest BCUT2D eigenvalue weighted by Gasteiger charge is 2.38. The average molecular weight is 440 g/mol. The van der Waals surface area contributed by atoms with Gasteiger partial charge in [0.25, 0.3) is 0 Å². The largest absolute Gasteiger partial charge is 0.465 e. The topological polar surface area (TPSA) is 96.4 Å². The summed E-state index contributed by atoms with van der Waals surface area (Å²) in [4.78, 5) is 39.0. The summed E-state index contributed by atoms with van der Waals surface area (Å²) in [5.74, 6) is -0.169. The van der Waals surface area contributed by atoms with Crippen molar-refractivity contribution in [3.8, 4) is 0 Å². The highest BCUT2D eigenvalue weighted by Crippen LogP contribution is 2.23. The third-order valence-corrected chi connectivity index (χ3v) is 5.33. The minimum atomic E-state index is -1.05. The van der Waals surface area contributed by atoms with Gasteiger partial charge in [-0.05, 0) is 24.5 Å². The summed E-state index contributed by atoms with van der Waals surface area (Å²) in [6.07, 6.45) is -1.83. The molecule has 8 heteroatoms. The van der Waals surface area contributed by atoms with E-state index in [0.29, 0.717) is 6.42 Å². The molecule has 1 heterocycles. The lowest BCUT2D eigenvalue weighted by Crippen LogP contribution is -2.57. The van der Waals surface area contributed by atoms with E-state index in [-0.39, 0.29) is 38.6 Å². The van der Waals surface area contributed by atoms with E-state index in [2.05, 4.69) is 0 Å². The minimum Gasteiger partial charge on any atom is -0.465 e. The van der Waals surface area contributed by atoms with Gasteiger partial charge in [0.2, 0.25) is 0 Å². The molecule has 2 unspecified atom stereocenters. The number of Topliss-reactive ketones (excluding diaryl/α,β-unsaturated/α-hetero) is 1. The second-order valence-corrected chi connectivity index (χ2v) is 7.79. The van der Waals surface area contributed by atoms with Gasteiger partial charge in [-0.25, -0.2) is 9.59 Å². The molecule has 0 radical (unpaired) electrons. The van der Waals surface area contributed by atoms with Crippen molar-refractivity contribution in [2.75, 3.05) is 19.7 Å². The summed E-state index contributed by atoms with van der Waals surface area (Å²) < 4.78 is 11.4. The van der Waals surface area contributed by atoms with Crippen LogP contribution in [0.2, 0.25) is 0 Å². The Kier molecular flexibility index (Phi) is 8.21. The van der Waals surface area contributed by atoms with Gasteiger partial charge in [0, 0.05) is 13.1 Å². The van der Waals surface area contributed by atoms with Crippen LogP contribution in [-0.4, -0.2) is 64.7 Å². The van der Waals surface area contributed by atoms with Gasteiger partial charge in [-0.3, -0.25) is 9.69 Å². The number of amides is 2. The van der Waals surface area contributed by atoms with Crippen LogP contribution < -0.4 is 0 Å². The predicted octanol–water partition coefficient (Wildman–Crippen LogP) is 3.55. The predicted molar refractivity (Wildman–Crippen MR) is 117 cm³/mol. The lowest BCUT2D eigenvalue weighted by atomic mass is 9.99. The molecule has 0 bridgehead atoms. The molecule has 0 saturated carbocycles. The van der Waals surface area contributed by atoms with Crippen LogP contribution in [0.1, 0.15) is 24.5 Å². The van der Waals surface area contributed by atoms with Crippen LogP contribution in [0, 0.1) is 0 Å². The molecule has 170 valence electrons. The van der Waals surface area contributed by atoms with Crippen molar-refractivity contribution in [3.63, 3.8) is 0 Å². The fraction of sp³-hybridized carbons (Fsp3) is 0.375. The first-order valence-electron chi connectivity index (χ1n) is 10.5. The van der Waals surface area contributed by atoms with Gasteiger partial charge in [0.15, 0.2) is 5.78 Å². The lowest BCUT2D eigenvalue weighted by molar-refractivity contribution is -0.126. The number of carbonyl (C=O) groups is 3. The highest BCUT2D eigenvalue weighted by molar-refractivity contribution is 5.76. The Morgan fingerprint density at radius 1 is 1.03 bits per heavy atom. The van der Waals surface area contributed by atoms with Crippen LogP contribution in [-0.2, 0) is 27.4 Å². The van der Waals surface area contributed by atoms with E-state index in [1.807, 2.05) is 60.7 Å². The van der Waals surface area contributed by atoms with E-state index in [0.717, 1.165) is 11.1 Å². The molecule has 0 aromatic heterocycles. The Morgan fingerprint density at radius 3 is 2.25 bits per heavy atom. The SMILES string of the molecule is CC(=O)COC1CN(C(=O)O)CCC1N(Cc1ccccc1)C(=O)OCc1ccccc1. The molecule has 1 aliphatic heterocycles. The second-order valence-electron chi connectivity index (χ2n) is 7.79. The monoisotopic (exact) mass is 440 g/mol. The molecule has 1 fully saturated rings. The first-order chi connectivity index (χ1) is 15.4. The van der Waals surface area contributed by atoms with Crippen LogP contribution in [0.4, 0.5) is 9.59 Å². The van der Waals surface area contributed by atoms with Gasteiger partial charge in [0.05, 0.1) is 18.7 Å². The van der Waals surface area contributed by atoms with Gasteiger partial charge in [0.1, 0.15) is 13.2 Å². The maximum absolute atomic E-state index is 13.2. The van der Waals surface area contributed by atoms with E-state index in [4.69, 9.17) is 9.47 Å². The number of nitrogens with zero attached hydrogens (tertiary/aromatic N) is 2. The van der Waals surface area contributed by atoms with Crippen molar-refractivity contribution in [1.29, 1.82) is 0 Å². The fourth-order valence-corrected chi connectivity index (χ4v) is 3.72. The number of rotatable bonds is 8. The maximum Gasteiger partial charge on any atom is 0.410 e. The van der Waals surface area contributed by atoms with E-state index in [1.165, 1.54) is 11.8 Å². The van der Waals surface area contributed by atoms with Gasteiger partial charge in [-0.15, -0.1) is 0 Å². The van der Waals surface area contributed by atoms with E-state index >= 15 is 0 Å². The normalized spacial score (nSPS) is 18.1. The van der Waals surface area contributed by atoms with Crippen LogP contribution in [0.25, 0.3) is 0 Å². The molecule has 3 rings (SSSR count). The van der Waals surface area contributed by atoms with Crippen molar-refractivity contribution in [1.82, 2.24) is 9.80 Å². The highest BCUT2D eigenvalue weighted by atomic mass is 16.6.